The van der Waals surface area contributed by atoms with Gasteiger partial charge in [-0.3, -0.25) is 19.3 Å². The molecule has 0 saturated heterocycles. The van der Waals surface area contributed by atoms with E-state index in [0.717, 1.165) is 11.1 Å². The number of nitrogens with one attached hydrogen (secondary N) is 1. The van der Waals surface area contributed by atoms with Crippen molar-refractivity contribution in [3.05, 3.63) is 60.5 Å². The summed E-state index contributed by atoms with van der Waals surface area (Å²) in [6, 6.07) is 4.18. The zero-order valence-electron chi connectivity index (χ0n) is 18.6. The SMILES string of the molecule is Cc1cccc(C)c1NC(=O)COC(=O)[C@H](C(C)C)N1C(=O)c2c(Cl)c(Cl)c(Cl)c(Cl)c2C1=O. The van der Waals surface area contributed by atoms with E-state index in [1.165, 1.54) is 0 Å². The van der Waals surface area contributed by atoms with Crippen molar-refractivity contribution < 1.29 is 23.9 Å². The number of rotatable bonds is 6. The molecule has 0 aromatic heterocycles. The lowest BCUT2D eigenvalue weighted by molar-refractivity contribution is -0.152. The van der Waals surface area contributed by atoms with Crippen LogP contribution in [0.4, 0.5) is 5.69 Å². The van der Waals surface area contributed by atoms with Gasteiger partial charge >= 0.3 is 5.97 Å². The Morgan fingerprint density at radius 2 is 1.38 bits per heavy atom. The maximum absolute atomic E-state index is 13.1. The summed E-state index contributed by atoms with van der Waals surface area (Å²) in [6.07, 6.45) is 0. The van der Waals surface area contributed by atoms with Crippen molar-refractivity contribution in [3.63, 3.8) is 0 Å². The summed E-state index contributed by atoms with van der Waals surface area (Å²) in [5.74, 6) is -3.78. The monoisotopic (exact) mass is 544 g/mol. The van der Waals surface area contributed by atoms with Crippen molar-refractivity contribution in [3.8, 4) is 0 Å². The molecular formula is C23H20Cl4N2O5. The number of para-hydroxylation sites is 1. The summed E-state index contributed by atoms with van der Waals surface area (Å²) in [5, 5.41) is 1.87. The van der Waals surface area contributed by atoms with E-state index in [9.17, 15) is 19.2 Å². The van der Waals surface area contributed by atoms with Crippen LogP contribution in [-0.4, -0.2) is 41.2 Å². The number of carbonyl (C=O) groups is 4. The molecule has 3 amide bonds. The molecule has 1 aliphatic heterocycles. The van der Waals surface area contributed by atoms with E-state index in [1.54, 1.807) is 13.8 Å². The lowest BCUT2D eigenvalue weighted by Gasteiger charge is -2.27. The molecule has 7 nitrogen and oxygen atoms in total. The number of nitrogens with zero attached hydrogens (tertiary/aromatic N) is 1. The Balaban J connectivity index is 1.82. The number of imide groups is 1. The first-order valence-electron chi connectivity index (χ1n) is 10.1. The largest absolute Gasteiger partial charge is 0.454 e. The van der Waals surface area contributed by atoms with Crippen LogP contribution in [-0.2, 0) is 14.3 Å². The molecule has 2 aromatic rings. The predicted octanol–water partition coefficient (Wildman–Crippen LogP) is 5.72. The minimum Gasteiger partial charge on any atom is -0.454 e. The van der Waals surface area contributed by atoms with Crippen molar-refractivity contribution >= 4 is 75.8 Å². The van der Waals surface area contributed by atoms with Gasteiger partial charge < -0.3 is 10.1 Å². The predicted molar refractivity (Wildman–Crippen MR) is 131 cm³/mol. The summed E-state index contributed by atoms with van der Waals surface area (Å²) < 4.78 is 5.18. The number of benzene rings is 2. The topological polar surface area (TPSA) is 92.8 Å². The van der Waals surface area contributed by atoms with Gasteiger partial charge in [-0.2, -0.15) is 0 Å². The molecule has 34 heavy (non-hydrogen) atoms. The minimum absolute atomic E-state index is 0.179. The first-order chi connectivity index (χ1) is 15.9. The van der Waals surface area contributed by atoms with Crippen LogP contribution in [0.15, 0.2) is 18.2 Å². The van der Waals surface area contributed by atoms with E-state index in [1.807, 2.05) is 32.0 Å². The van der Waals surface area contributed by atoms with Gasteiger partial charge in [-0.05, 0) is 30.9 Å². The quantitative estimate of drug-likeness (QED) is 0.217. The number of ether oxygens (including phenoxy) is 1. The highest BCUT2D eigenvalue weighted by Gasteiger charge is 2.48. The van der Waals surface area contributed by atoms with Crippen LogP contribution in [0.25, 0.3) is 0 Å². The Labute approximate surface area is 216 Å². The zero-order valence-corrected chi connectivity index (χ0v) is 21.6. The van der Waals surface area contributed by atoms with Crippen LogP contribution >= 0.6 is 46.4 Å². The molecule has 1 heterocycles. The van der Waals surface area contributed by atoms with Gasteiger partial charge in [-0.25, -0.2) is 4.79 Å². The summed E-state index contributed by atoms with van der Waals surface area (Å²) in [6.45, 7) is 6.30. The molecule has 2 aromatic carbocycles. The number of carbonyl (C=O) groups excluding carboxylic acids is 4. The van der Waals surface area contributed by atoms with Crippen LogP contribution < -0.4 is 5.32 Å². The summed E-state index contributed by atoms with van der Waals surface area (Å²) in [5.41, 5.74) is 1.82. The Kier molecular flexibility index (Phi) is 7.82. The summed E-state index contributed by atoms with van der Waals surface area (Å²) in [4.78, 5) is 52.3. The van der Waals surface area contributed by atoms with E-state index in [2.05, 4.69) is 5.32 Å². The fraction of sp³-hybridized carbons (Fsp3) is 0.304. The van der Waals surface area contributed by atoms with Gasteiger partial charge in [0, 0.05) is 5.69 Å². The summed E-state index contributed by atoms with van der Waals surface area (Å²) in [7, 11) is 0. The van der Waals surface area contributed by atoms with Crippen LogP contribution in [0.1, 0.15) is 45.7 Å². The van der Waals surface area contributed by atoms with E-state index in [4.69, 9.17) is 51.1 Å². The van der Waals surface area contributed by atoms with E-state index in [0.29, 0.717) is 10.6 Å². The van der Waals surface area contributed by atoms with Gasteiger partial charge in [-0.15, -0.1) is 0 Å². The second-order valence-corrected chi connectivity index (χ2v) is 9.61. The van der Waals surface area contributed by atoms with E-state index in [-0.39, 0.29) is 31.2 Å². The molecule has 0 unspecified atom stereocenters. The zero-order chi connectivity index (χ0) is 25.5. The van der Waals surface area contributed by atoms with Crippen molar-refractivity contribution in [2.24, 2.45) is 5.92 Å². The highest BCUT2D eigenvalue weighted by Crippen LogP contribution is 2.45. The van der Waals surface area contributed by atoms with Gasteiger partial charge in [0.05, 0.1) is 31.2 Å². The lowest BCUT2D eigenvalue weighted by Crippen LogP contribution is -2.49. The summed E-state index contributed by atoms with van der Waals surface area (Å²) >= 11 is 24.4. The molecule has 1 atom stereocenters. The smallest absolute Gasteiger partial charge is 0.330 e. The normalized spacial score (nSPS) is 13.9. The molecule has 0 bridgehead atoms. The first kappa shape index (κ1) is 26.3. The average Bonchev–Trinajstić information content (AvgIpc) is 3.02. The van der Waals surface area contributed by atoms with Crippen molar-refractivity contribution in [1.29, 1.82) is 0 Å². The first-order valence-corrected chi connectivity index (χ1v) is 11.7. The molecular weight excluding hydrogens is 526 g/mol. The average molecular weight is 546 g/mol. The number of esters is 1. The van der Waals surface area contributed by atoms with Crippen molar-refractivity contribution in [2.75, 3.05) is 11.9 Å². The van der Waals surface area contributed by atoms with Crippen LogP contribution in [0.5, 0.6) is 0 Å². The third kappa shape index (κ3) is 4.62. The van der Waals surface area contributed by atoms with E-state index < -0.39 is 42.3 Å². The third-order valence-electron chi connectivity index (χ3n) is 5.37. The number of anilines is 1. The van der Waals surface area contributed by atoms with Crippen LogP contribution in [0.3, 0.4) is 0 Å². The molecule has 0 spiro atoms. The highest BCUT2D eigenvalue weighted by atomic mass is 35.5. The third-order valence-corrected chi connectivity index (χ3v) is 7.18. The lowest BCUT2D eigenvalue weighted by atomic mass is 10.0. The number of hydrogen-bond donors (Lipinski definition) is 1. The fourth-order valence-corrected chi connectivity index (χ4v) is 4.72. The molecule has 180 valence electrons. The van der Waals surface area contributed by atoms with Crippen molar-refractivity contribution in [2.45, 2.75) is 33.7 Å². The maximum Gasteiger partial charge on any atom is 0.330 e. The van der Waals surface area contributed by atoms with Gasteiger partial charge in [0.15, 0.2) is 6.61 Å². The number of fused-ring (bicyclic) bond motifs is 1. The Hall–Kier alpha value is -2.32. The van der Waals surface area contributed by atoms with Crippen LogP contribution in [0.2, 0.25) is 20.1 Å². The number of aryl methyl sites for hydroxylation is 2. The molecule has 0 saturated carbocycles. The highest BCUT2D eigenvalue weighted by molar-refractivity contribution is 6.55. The molecule has 3 rings (SSSR count). The van der Waals surface area contributed by atoms with Crippen LogP contribution in [0, 0.1) is 19.8 Å². The van der Waals surface area contributed by atoms with E-state index >= 15 is 0 Å². The second-order valence-electron chi connectivity index (χ2n) is 8.10. The maximum atomic E-state index is 13.1. The minimum atomic E-state index is -1.34. The van der Waals surface area contributed by atoms with Gasteiger partial charge in [-0.1, -0.05) is 78.5 Å². The Morgan fingerprint density at radius 1 is 0.912 bits per heavy atom. The molecule has 0 fully saturated rings. The number of hydrogen-bond acceptors (Lipinski definition) is 5. The molecule has 11 heteroatoms. The molecule has 0 aliphatic carbocycles. The second kappa shape index (κ2) is 10.1. The van der Waals surface area contributed by atoms with Gasteiger partial charge in [0.1, 0.15) is 6.04 Å². The molecule has 1 N–H and O–H groups in total. The fourth-order valence-electron chi connectivity index (χ4n) is 3.70. The molecule has 1 aliphatic rings. The van der Waals surface area contributed by atoms with Gasteiger partial charge in [0.2, 0.25) is 0 Å². The standard InChI is InChI=1S/C23H20Cl4N2O5/c1-9(2)20(23(33)34-8-12(30)28-19-10(3)6-5-7-11(19)4)29-21(31)13-14(22(29)32)16(25)18(27)17(26)15(13)24/h5-7,9,20H,8H2,1-4H3,(H,28,30)/t20-/m0/s1. The molecule has 0 radical (unpaired) electrons. The Morgan fingerprint density at radius 3 is 1.82 bits per heavy atom. The van der Waals surface area contributed by atoms with Crippen molar-refractivity contribution in [1.82, 2.24) is 4.90 Å². The van der Waals surface area contributed by atoms with Gasteiger partial charge in [0.25, 0.3) is 17.7 Å². The number of amides is 3. The Bertz CT molecular complexity index is 1160. The number of halogens is 4.